The van der Waals surface area contributed by atoms with Crippen molar-refractivity contribution in [2.75, 3.05) is 31.6 Å². The summed E-state index contributed by atoms with van der Waals surface area (Å²) in [5.74, 6) is -0.812. The molecule has 4 heterocycles. The molecule has 2 aromatic rings. The Morgan fingerprint density at radius 3 is 2.79 bits per heavy atom. The lowest BCUT2D eigenvalue weighted by molar-refractivity contribution is -0.0906. The van der Waals surface area contributed by atoms with Gasteiger partial charge in [0.05, 0.1) is 17.9 Å². The van der Waals surface area contributed by atoms with Crippen molar-refractivity contribution in [1.29, 1.82) is 0 Å². The summed E-state index contributed by atoms with van der Waals surface area (Å²) in [6.07, 6.45) is 4.26. The number of likely N-dealkylation sites (tertiary alicyclic amines) is 1. The van der Waals surface area contributed by atoms with Crippen molar-refractivity contribution in [2.45, 2.75) is 37.7 Å². The van der Waals surface area contributed by atoms with Crippen molar-refractivity contribution < 1.29 is 19.4 Å². The van der Waals surface area contributed by atoms with Crippen LogP contribution < -0.4 is 5.32 Å². The molecule has 0 bridgehead atoms. The van der Waals surface area contributed by atoms with Crippen molar-refractivity contribution in [3.8, 4) is 0 Å². The number of carbonyl (C=O) groups excluding carboxylic acids is 1. The minimum atomic E-state index is -0.881. The minimum Gasteiger partial charge on any atom is -0.477 e. The van der Waals surface area contributed by atoms with Crippen LogP contribution in [0.3, 0.4) is 0 Å². The number of carboxylic acid groups (broad SMARTS) is 1. The molecule has 0 saturated carbocycles. The second-order valence-electron chi connectivity index (χ2n) is 8.03. The van der Waals surface area contributed by atoms with Crippen LogP contribution >= 0.6 is 11.3 Å². The van der Waals surface area contributed by atoms with Gasteiger partial charge in [-0.15, -0.1) is 11.3 Å². The number of aryl methyl sites for hydroxylation is 1. The molecule has 1 aromatic carbocycles. The van der Waals surface area contributed by atoms with Gasteiger partial charge in [0.25, 0.3) is 5.91 Å². The first-order chi connectivity index (χ1) is 14.1. The highest BCUT2D eigenvalue weighted by Crippen LogP contribution is 2.45. The van der Waals surface area contributed by atoms with E-state index >= 15 is 0 Å². The number of para-hydroxylation sites is 1. The van der Waals surface area contributed by atoms with Crippen molar-refractivity contribution in [1.82, 2.24) is 4.90 Å². The Balaban J connectivity index is 1.37. The van der Waals surface area contributed by atoms with E-state index in [1.807, 2.05) is 17.0 Å². The molecule has 0 unspecified atom stereocenters. The molecule has 2 N–H and O–H groups in total. The molecular weight excluding hydrogens is 388 g/mol. The fourth-order valence-electron chi connectivity index (χ4n) is 4.83. The van der Waals surface area contributed by atoms with E-state index in [9.17, 15) is 14.7 Å². The number of thiophene rings is 1. The Morgan fingerprint density at radius 1 is 1.17 bits per heavy atom. The Hall–Kier alpha value is -2.38. The van der Waals surface area contributed by atoms with Gasteiger partial charge in [-0.1, -0.05) is 12.1 Å². The number of carboxylic acids is 1. The molecule has 0 aliphatic carbocycles. The zero-order valence-electron chi connectivity index (χ0n) is 16.2. The third-order valence-electron chi connectivity index (χ3n) is 6.35. The van der Waals surface area contributed by atoms with Gasteiger partial charge in [0.1, 0.15) is 10.5 Å². The second kappa shape index (κ2) is 7.15. The number of carbonyl (C=O) groups is 2. The van der Waals surface area contributed by atoms with Gasteiger partial charge < -0.3 is 20.1 Å². The number of fused-ring (bicyclic) bond motifs is 3. The van der Waals surface area contributed by atoms with Crippen LogP contribution in [0.2, 0.25) is 0 Å². The van der Waals surface area contributed by atoms with Crippen LogP contribution in [-0.4, -0.2) is 48.1 Å². The van der Waals surface area contributed by atoms with E-state index in [1.54, 1.807) is 6.07 Å². The maximum atomic E-state index is 13.3. The number of nitrogens with zero attached hydrogens (tertiary/aromatic N) is 1. The predicted molar refractivity (Wildman–Crippen MR) is 111 cm³/mol. The van der Waals surface area contributed by atoms with Crippen LogP contribution in [0.5, 0.6) is 0 Å². The lowest BCUT2D eigenvalue weighted by Gasteiger charge is -2.43. The molecule has 3 aliphatic heterocycles. The van der Waals surface area contributed by atoms with Gasteiger partial charge in [0.2, 0.25) is 0 Å². The number of hydrogen-bond acceptors (Lipinski definition) is 5. The summed E-state index contributed by atoms with van der Waals surface area (Å²) < 4.78 is 6.22. The maximum absolute atomic E-state index is 13.3. The van der Waals surface area contributed by atoms with Gasteiger partial charge in [-0.05, 0) is 55.4 Å². The lowest BCUT2D eigenvalue weighted by atomic mass is 9.85. The zero-order valence-corrected chi connectivity index (χ0v) is 17.0. The van der Waals surface area contributed by atoms with Crippen LogP contribution in [0.1, 0.15) is 55.3 Å². The average molecular weight is 413 g/mol. The van der Waals surface area contributed by atoms with Crippen LogP contribution in [0.25, 0.3) is 0 Å². The number of ether oxygens (including phenoxy) is 1. The van der Waals surface area contributed by atoms with Crippen molar-refractivity contribution in [3.05, 3.63) is 50.7 Å². The molecule has 0 radical (unpaired) electrons. The van der Waals surface area contributed by atoms with Crippen molar-refractivity contribution in [3.63, 3.8) is 0 Å². The van der Waals surface area contributed by atoms with Crippen LogP contribution in [0.15, 0.2) is 24.3 Å². The molecule has 3 aliphatic rings. The fraction of sp³-hybridized carbons (Fsp3) is 0.455. The van der Waals surface area contributed by atoms with E-state index in [0.717, 1.165) is 47.5 Å². The number of amides is 1. The summed E-state index contributed by atoms with van der Waals surface area (Å²) in [6.45, 7) is 2.73. The van der Waals surface area contributed by atoms with Crippen LogP contribution in [0, 0.1) is 0 Å². The summed E-state index contributed by atoms with van der Waals surface area (Å²) in [4.78, 5) is 28.0. The van der Waals surface area contributed by atoms with E-state index in [1.165, 1.54) is 16.9 Å². The smallest absolute Gasteiger partial charge is 0.345 e. The zero-order chi connectivity index (χ0) is 20.0. The fourth-order valence-corrected chi connectivity index (χ4v) is 6.08. The standard InChI is InChI=1S/C22H24N2O4S/c25-20(16-5-1-3-14-4-2-9-23-18(14)16)24-10-7-22(8-11-24)19-15(6-12-28-22)13-17(29-19)21(26)27/h1,3,5,13,23H,2,4,6-12H2,(H,26,27). The van der Waals surface area contributed by atoms with Gasteiger partial charge in [0, 0.05) is 24.5 Å². The Kier molecular flexibility index (Phi) is 4.59. The lowest BCUT2D eigenvalue weighted by Crippen LogP contribution is -2.48. The Morgan fingerprint density at radius 2 is 2.00 bits per heavy atom. The number of nitrogens with one attached hydrogen (secondary N) is 1. The van der Waals surface area contributed by atoms with E-state index in [-0.39, 0.29) is 5.91 Å². The maximum Gasteiger partial charge on any atom is 0.345 e. The summed E-state index contributed by atoms with van der Waals surface area (Å²) in [6, 6.07) is 7.78. The minimum absolute atomic E-state index is 0.0690. The van der Waals surface area contributed by atoms with E-state index in [0.29, 0.717) is 37.4 Å². The van der Waals surface area contributed by atoms with Crippen LogP contribution in [0.4, 0.5) is 5.69 Å². The summed E-state index contributed by atoms with van der Waals surface area (Å²) in [5.41, 5.74) is 3.62. The second-order valence-corrected chi connectivity index (χ2v) is 9.08. The number of anilines is 1. The highest BCUT2D eigenvalue weighted by molar-refractivity contribution is 7.14. The highest BCUT2D eigenvalue weighted by atomic mass is 32.1. The molecule has 1 spiro atoms. The molecule has 0 atom stereocenters. The van der Waals surface area contributed by atoms with Gasteiger partial charge in [-0.2, -0.15) is 0 Å². The number of piperidine rings is 1. The number of rotatable bonds is 2. The van der Waals surface area contributed by atoms with Gasteiger partial charge >= 0.3 is 5.97 Å². The first kappa shape index (κ1) is 18.6. The SMILES string of the molecule is O=C(O)c1cc2c(s1)C1(CCN(C(=O)c3cccc4c3NCCC4)CC1)OCC2. The highest BCUT2D eigenvalue weighted by Gasteiger charge is 2.43. The average Bonchev–Trinajstić information content (AvgIpc) is 3.20. The number of benzene rings is 1. The Bertz CT molecular complexity index is 975. The van der Waals surface area contributed by atoms with Gasteiger partial charge in [0.15, 0.2) is 0 Å². The van der Waals surface area contributed by atoms with E-state index < -0.39 is 11.6 Å². The quantitative estimate of drug-likeness (QED) is 0.789. The molecule has 152 valence electrons. The first-order valence-electron chi connectivity index (χ1n) is 10.2. The largest absolute Gasteiger partial charge is 0.477 e. The van der Waals surface area contributed by atoms with Gasteiger partial charge in [-0.3, -0.25) is 4.79 Å². The molecule has 29 heavy (non-hydrogen) atoms. The molecule has 1 fully saturated rings. The summed E-state index contributed by atoms with van der Waals surface area (Å²) >= 11 is 1.34. The van der Waals surface area contributed by atoms with E-state index in [4.69, 9.17) is 4.74 Å². The Labute approximate surface area is 173 Å². The first-order valence-corrected chi connectivity index (χ1v) is 11.0. The molecular formula is C22H24N2O4S. The molecule has 6 nitrogen and oxygen atoms in total. The van der Waals surface area contributed by atoms with Crippen LogP contribution in [-0.2, 0) is 23.2 Å². The normalized spacial score (nSPS) is 19.9. The van der Waals surface area contributed by atoms with Crippen molar-refractivity contribution in [2.24, 2.45) is 0 Å². The monoisotopic (exact) mass is 412 g/mol. The molecule has 7 heteroatoms. The molecule has 1 saturated heterocycles. The van der Waals surface area contributed by atoms with Crippen molar-refractivity contribution >= 4 is 28.9 Å². The molecule has 1 amide bonds. The van der Waals surface area contributed by atoms with E-state index in [2.05, 4.69) is 11.4 Å². The molecule has 5 rings (SSSR count). The molecule has 1 aromatic heterocycles. The summed E-state index contributed by atoms with van der Waals surface area (Å²) in [7, 11) is 0. The number of hydrogen-bond donors (Lipinski definition) is 2. The third kappa shape index (κ3) is 3.13. The summed E-state index contributed by atoms with van der Waals surface area (Å²) in [5, 5.41) is 12.8. The predicted octanol–water partition coefficient (Wildman–Crippen LogP) is 3.51. The third-order valence-corrected chi connectivity index (χ3v) is 7.70. The topological polar surface area (TPSA) is 78.9 Å². The number of aromatic carboxylic acids is 1. The van der Waals surface area contributed by atoms with Gasteiger partial charge in [-0.25, -0.2) is 4.79 Å².